The Hall–Kier alpha value is -1.56. The molecule has 1 N–H and O–H groups in total. The normalized spacial score (nSPS) is 19.9. The third-order valence-electron chi connectivity index (χ3n) is 6.66. The molecule has 0 bridgehead atoms. The fourth-order valence-electron chi connectivity index (χ4n) is 4.89. The summed E-state index contributed by atoms with van der Waals surface area (Å²) in [6.07, 6.45) is 8.47. The van der Waals surface area contributed by atoms with E-state index in [2.05, 4.69) is 54.6 Å². The molecule has 1 fully saturated rings. The Morgan fingerprint density at radius 3 is 2.58 bits per heavy atom. The topological polar surface area (TPSA) is 41.6 Å². The van der Waals surface area contributed by atoms with Gasteiger partial charge in [0, 0.05) is 18.0 Å². The maximum Gasteiger partial charge on any atom is 0.255 e. The third kappa shape index (κ3) is 6.71. The van der Waals surface area contributed by atoms with Crippen molar-refractivity contribution in [3.63, 3.8) is 0 Å². The van der Waals surface area contributed by atoms with Crippen LogP contribution in [0.15, 0.2) is 35.7 Å². The molecule has 0 saturated heterocycles. The maximum atomic E-state index is 12.4. The average Bonchev–Trinajstić information content (AvgIpc) is 3.16. The van der Waals surface area contributed by atoms with Gasteiger partial charge in [-0.2, -0.15) is 0 Å². The lowest BCUT2D eigenvalue weighted by Gasteiger charge is -2.37. The van der Waals surface area contributed by atoms with Crippen molar-refractivity contribution in [1.82, 2.24) is 10.2 Å². The summed E-state index contributed by atoms with van der Waals surface area (Å²) < 4.78 is 5.77. The second-order valence-electron chi connectivity index (χ2n) is 8.84. The first kappa shape index (κ1) is 24.1. The van der Waals surface area contributed by atoms with Crippen molar-refractivity contribution < 1.29 is 9.53 Å². The molecule has 1 aromatic heterocycles. The van der Waals surface area contributed by atoms with Crippen LogP contribution in [0.2, 0.25) is 4.34 Å². The zero-order valence-electron chi connectivity index (χ0n) is 18.9. The molecule has 31 heavy (non-hydrogen) atoms. The van der Waals surface area contributed by atoms with Crippen molar-refractivity contribution in [3.05, 3.63) is 51.2 Å². The zero-order valence-corrected chi connectivity index (χ0v) is 20.5. The number of methoxy groups -OCH3 is 1. The SMILES string of the molecule is COc1c(C(=O)NCCC2CCC(C(CCc3ccccc3)N(C)C)CC2)csc1Cl. The summed E-state index contributed by atoms with van der Waals surface area (Å²) in [5.41, 5.74) is 1.97. The number of hydrogen-bond donors (Lipinski definition) is 1. The third-order valence-corrected chi connectivity index (χ3v) is 7.85. The van der Waals surface area contributed by atoms with Crippen LogP contribution in [0.3, 0.4) is 0 Å². The van der Waals surface area contributed by atoms with E-state index < -0.39 is 0 Å². The van der Waals surface area contributed by atoms with Crippen LogP contribution < -0.4 is 10.1 Å². The molecule has 1 aliphatic rings. The Bertz CT molecular complexity index is 816. The lowest BCUT2D eigenvalue weighted by molar-refractivity contribution is 0.0944. The van der Waals surface area contributed by atoms with E-state index in [1.165, 1.54) is 49.0 Å². The summed E-state index contributed by atoms with van der Waals surface area (Å²) in [6, 6.07) is 11.5. The molecule has 4 nitrogen and oxygen atoms in total. The molecule has 0 spiro atoms. The van der Waals surface area contributed by atoms with Crippen molar-refractivity contribution in [1.29, 1.82) is 0 Å². The lowest BCUT2D eigenvalue weighted by Crippen LogP contribution is -2.38. The van der Waals surface area contributed by atoms with Gasteiger partial charge in [0.25, 0.3) is 5.91 Å². The minimum Gasteiger partial charge on any atom is -0.493 e. The van der Waals surface area contributed by atoms with E-state index in [0.717, 1.165) is 18.8 Å². The smallest absolute Gasteiger partial charge is 0.255 e. The Kier molecular flexibility index (Phi) is 9.24. The number of amides is 1. The van der Waals surface area contributed by atoms with Crippen LogP contribution in [0.4, 0.5) is 0 Å². The summed E-state index contributed by atoms with van der Waals surface area (Å²) in [7, 11) is 5.99. The highest BCUT2D eigenvalue weighted by Gasteiger charge is 2.28. The van der Waals surface area contributed by atoms with Gasteiger partial charge >= 0.3 is 0 Å². The van der Waals surface area contributed by atoms with Crippen LogP contribution in [-0.2, 0) is 6.42 Å². The molecule has 6 heteroatoms. The molecule has 170 valence electrons. The maximum absolute atomic E-state index is 12.4. The Morgan fingerprint density at radius 2 is 1.94 bits per heavy atom. The van der Waals surface area contributed by atoms with Crippen molar-refractivity contribution in [2.45, 2.75) is 51.0 Å². The first-order chi connectivity index (χ1) is 15.0. The molecular formula is C25H35ClN2O2S. The van der Waals surface area contributed by atoms with Gasteiger partial charge in [-0.3, -0.25) is 4.79 Å². The fraction of sp³-hybridized carbons (Fsp3) is 0.560. The molecule has 1 amide bonds. The van der Waals surface area contributed by atoms with Gasteiger partial charge in [0.1, 0.15) is 4.34 Å². The van der Waals surface area contributed by atoms with E-state index in [4.69, 9.17) is 16.3 Å². The van der Waals surface area contributed by atoms with Crippen LogP contribution in [0, 0.1) is 11.8 Å². The Morgan fingerprint density at radius 1 is 1.23 bits per heavy atom. The number of hydrogen-bond acceptors (Lipinski definition) is 4. The molecule has 0 radical (unpaired) electrons. The molecular weight excluding hydrogens is 428 g/mol. The van der Waals surface area contributed by atoms with Gasteiger partial charge in [-0.1, -0.05) is 54.8 Å². The van der Waals surface area contributed by atoms with Crippen molar-refractivity contribution in [2.24, 2.45) is 11.8 Å². The molecule has 1 saturated carbocycles. The number of benzene rings is 1. The number of aryl methyl sites for hydroxylation is 1. The van der Waals surface area contributed by atoms with Crippen LogP contribution in [0.5, 0.6) is 5.75 Å². The second kappa shape index (κ2) is 11.9. The zero-order chi connectivity index (χ0) is 22.2. The molecule has 0 aliphatic heterocycles. The first-order valence-electron chi connectivity index (χ1n) is 11.3. The average molecular weight is 463 g/mol. The van der Waals surface area contributed by atoms with Crippen molar-refractivity contribution in [2.75, 3.05) is 27.7 Å². The van der Waals surface area contributed by atoms with Gasteiger partial charge in [-0.25, -0.2) is 0 Å². The number of carbonyl (C=O) groups excluding carboxylic acids is 1. The Balaban J connectivity index is 1.41. The second-order valence-corrected chi connectivity index (χ2v) is 10.3. The van der Waals surface area contributed by atoms with E-state index >= 15 is 0 Å². The fourth-order valence-corrected chi connectivity index (χ4v) is 5.94. The number of nitrogens with one attached hydrogen (secondary N) is 1. The monoisotopic (exact) mass is 462 g/mol. The summed E-state index contributed by atoms with van der Waals surface area (Å²) >= 11 is 7.40. The van der Waals surface area contributed by atoms with Crippen molar-refractivity contribution in [3.8, 4) is 5.75 Å². The van der Waals surface area contributed by atoms with Gasteiger partial charge < -0.3 is 15.0 Å². The molecule has 1 aliphatic carbocycles. The predicted octanol–water partition coefficient (Wildman–Crippen LogP) is 5.90. The number of rotatable bonds is 10. The molecule has 1 heterocycles. The number of ether oxygens (including phenoxy) is 1. The van der Waals surface area contributed by atoms with Gasteiger partial charge in [0.2, 0.25) is 0 Å². The Labute approximate surface area is 195 Å². The highest BCUT2D eigenvalue weighted by molar-refractivity contribution is 7.15. The van der Waals surface area contributed by atoms with Crippen LogP contribution in [-0.4, -0.2) is 44.6 Å². The van der Waals surface area contributed by atoms with E-state index in [-0.39, 0.29) is 5.91 Å². The number of thiophene rings is 1. The van der Waals surface area contributed by atoms with Crippen LogP contribution in [0.25, 0.3) is 0 Å². The number of nitrogens with zero attached hydrogens (tertiary/aromatic N) is 1. The van der Waals surface area contributed by atoms with Gasteiger partial charge in [-0.15, -0.1) is 11.3 Å². The molecule has 1 atom stereocenters. The number of carbonyl (C=O) groups is 1. The van der Waals surface area contributed by atoms with E-state index in [1.54, 1.807) is 12.5 Å². The first-order valence-corrected chi connectivity index (χ1v) is 12.5. The van der Waals surface area contributed by atoms with E-state index in [1.807, 2.05) is 0 Å². The minimum absolute atomic E-state index is 0.0951. The summed E-state index contributed by atoms with van der Waals surface area (Å²) in [4.78, 5) is 14.9. The van der Waals surface area contributed by atoms with Gasteiger partial charge in [-0.05, 0) is 63.6 Å². The van der Waals surface area contributed by atoms with Gasteiger partial charge in [0.05, 0.1) is 12.7 Å². The molecule has 3 rings (SSSR count). The number of halogens is 1. The molecule has 1 unspecified atom stereocenters. The molecule has 1 aromatic carbocycles. The summed E-state index contributed by atoms with van der Waals surface area (Å²) in [5, 5.41) is 4.81. The summed E-state index contributed by atoms with van der Waals surface area (Å²) in [5.74, 6) is 1.85. The lowest BCUT2D eigenvalue weighted by atomic mass is 9.76. The highest BCUT2D eigenvalue weighted by atomic mass is 35.5. The quantitative estimate of drug-likeness (QED) is 0.478. The standard InChI is InChI=1S/C25H35ClN2O2S/c1-28(2)22(14-11-18-7-5-4-6-8-18)20-12-9-19(10-13-20)15-16-27-25(29)21-17-31-24(26)23(21)30-3/h4-8,17,19-20,22H,9-16H2,1-3H3,(H,27,29). The van der Waals surface area contributed by atoms with E-state index in [0.29, 0.717) is 34.2 Å². The van der Waals surface area contributed by atoms with Crippen LogP contribution >= 0.6 is 22.9 Å². The van der Waals surface area contributed by atoms with Crippen LogP contribution in [0.1, 0.15) is 54.4 Å². The predicted molar refractivity (Wildman–Crippen MR) is 131 cm³/mol. The largest absolute Gasteiger partial charge is 0.493 e. The van der Waals surface area contributed by atoms with E-state index in [9.17, 15) is 4.79 Å². The summed E-state index contributed by atoms with van der Waals surface area (Å²) in [6.45, 7) is 0.704. The molecule has 2 aromatic rings. The highest BCUT2D eigenvalue weighted by Crippen LogP contribution is 2.36. The van der Waals surface area contributed by atoms with Gasteiger partial charge in [0.15, 0.2) is 5.75 Å². The minimum atomic E-state index is -0.0951. The van der Waals surface area contributed by atoms with Crippen molar-refractivity contribution >= 4 is 28.8 Å².